The van der Waals surface area contributed by atoms with E-state index in [2.05, 4.69) is 0 Å². The summed E-state index contributed by atoms with van der Waals surface area (Å²) in [5, 5.41) is 0. The summed E-state index contributed by atoms with van der Waals surface area (Å²) < 4.78 is 19.4. The normalized spacial score (nSPS) is 14.5. The van der Waals surface area contributed by atoms with Crippen LogP contribution in [0.3, 0.4) is 0 Å². The second-order valence-corrected chi connectivity index (χ2v) is 11.0. The monoisotopic (exact) mass is 602 g/mol. The third kappa shape index (κ3) is 5.72. The highest BCUT2D eigenvalue weighted by molar-refractivity contribution is 7.07. The van der Waals surface area contributed by atoms with Crippen molar-refractivity contribution in [2.24, 2.45) is 4.99 Å². The lowest BCUT2D eigenvalue weighted by Gasteiger charge is -2.25. The first-order valence-corrected chi connectivity index (χ1v) is 15.1. The summed E-state index contributed by atoms with van der Waals surface area (Å²) in [7, 11) is 1.59. The number of carbonyl (C=O) groups is 1. The van der Waals surface area contributed by atoms with Crippen LogP contribution in [0.15, 0.2) is 125 Å². The van der Waals surface area contributed by atoms with Crippen molar-refractivity contribution in [1.29, 1.82) is 0 Å². The number of hydrogen-bond donors (Lipinski definition) is 0. The zero-order valence-corrected chi connectivity index (χ0v) is 25.1. The molecular weight excluding hydrogens is 572 g/mol. The lowest BCUT2D eigenvalue weighted by molar-refractivity contribution is -0.138. The van der Waals surface area contributed by atoms with Crippen molar-refractivity contribution in [2.75, 3.05) is 13.7 Å². The van der Waals surface area contributed by atoms with Gasteiger partial charge < -0.3 is 14.2 Å². The molecule has 0 fully saturated rings. The average Bonchev–Trinajstić information content (AvgIpc) is 3.38. The van der Waals surface area contributed by atoms with E-state index < -0.39 is 12.0 Å². The van der Waals surface area contributed by atoms with E-state index in [0.29, 0.717) is 44.3 Å². The van der Waals surface area contributed by atoms with Crippen LogP contribution in [0.25, 0.3) is 11.8 Å². The van der Waals surface area contributed by atoms with E-state index in [0.717, 1.165) is 16.7 Å². The lowest BCUT2D eigenvalue weighted by atomic mass is 9.93. The minimum Gasteiger partial charge on any atom is -0.493 e. The van der Waals surface area contributed by atoms with Gasteiger partial charge >= 0.3 is 5.97 Å². The van der Waals surface area contributed by atoms with E-state index in [1.165, 1.54) is 11.3 Å². The molecule has 0 N–H and O–H groups in total. The van der Waals surface area contributed by atoms with Crippen molar-refractivity contribution in [3.8, 4) is 11.5 Å². The largest absolute Gasteiger partial charge is 0.493 e. The number of benzene rings is 4. The van der Waals surface area contributed by atoms with Gasteiger partial charge in [0.05, 0.1) is 35.6 Å². The fourth-order valence-corrected chi connectivity index (χ4v) is 6.22. The molecule has 4 aromatic carbocycles. The Balaban J connectivity index is 1.55. The molecule has 5 aromatic rings. The van der Waals surface area contributed by atoms with Crippen LogP contribution in [0.4, 0.5) is 0 Å². The van der Waals surface area contributed by atoms with Gasteiger partial charge in [-0.2, -0.15) is 0 Å². The highest BCUT2D eigenvalue weighted by Crippen LogP contribution is 2.35. The Morgan fingerprint density at radius 3 is 2.27 bits per heavy atom. The summed E-state index contributed by atoms with van der Waals surface area (Å²) in [5.41, 5.74) is 3.77. The number of thiazole rings is 1. The maximum absolute atomic E-state index is 14.3. The van der Waals surface area contributed by atoms with Crippen LogP contribution in [0.1, 0.15) is 35.2 Å². The molecule has 0 aliphatic carbocycles. The fourth-order valence-electron chi connectivity index (χ4n) is 5.22. The molecule has 8 heteroatoms. The van der Waals surface area contributed by atoms with E-state index in [9.17, 15) is 9.59 Å². The third-order valence-corrected chi connectivity index (χ3v) is 8.21. The second-order valence-electron chi connectivity index (χ2n) is 10.00. The quantitative estimate of drug-likeness (QED) is 0.208. The lowest BCUT2D eigenvalue weighted by Crippen LogP contribution is -2.40. The van der Waals surface area contributed by atoms with E-state index in [-0.39, 0.29) is 12.2 Å². The molecule has 1 aromatic heterocycles. The van der Waals surface area contributed by atoms with Gasteiger partial charge in [-0.1, -0.05) is 114 Å². The maximum Gasteiger partial charge on any atom is 0.338 e. The molecule has 0 saturated heterocycles. The first-order valence-electron chi connectivity index (χ1n) is 14.3. The molecule has 0 unspecified atom stereocenters. The number of methoxy groups -OCH3 is 1. The smallest absolute Gasteiger partial charge is 0.338 e. The molecule has 0 bridgehead atoms. The standard InChI is InChI=1S/C36H30N2O5S/c1-3-42-35(40)30-31(25-16-9-5-10-17-25)37-36-38(32(30)26-18-11-6-12-19-26)34(39)29(44-36)22-27-20-13-21-28(41-2)33(27)43-23-24-14-7-4-8-15-24/h4-22,32H,3,23H2,1-2H3/b29-22-/t32-/m1/s1. The summed E-state index contributed by atoms with van der Waals surface area (Å²) >= 11 is 1.26. The number of nitrogens with zero attached hydrogens (tertiary/aromatic N) is 2. The number of esters is 1. The first-order chi connectivity index (χ1) is 21.6. The number of aromatic nitrogens is 1. The Morgan fingerprint density at radius 2 is 1.59 bits per heavy atom. The second kappa shape index (κ2) is 13.0. The molecule has 44 heavy (non-hydrogen) atoms. The SMILES string of the molecule is CCOC(=O)C1=C(c2ccccc2)N=c2s/c(=C\c3cccc(OC)c3OCc3ccccc3)c(=O)n2[C@@H]1c1ccccc1. The maximum atomic E-state index is 14.3. The number of hydrogen-bond acceptors (Lipinski definition) is 7. The van der Waals surface area contributed by atoms with Gasteiger partial charge in [-0.3, -0.25) is 9.36 Å². The van der Waals surface area contributed by atoms with Gasteiger partial charge in [-0.15, -0.1) is 0 Å². The molecule has 1 aliphatic rings. The molecule has 6 rings (SSSR count). The number of carbonyl (C=O) groups excluding carboxylic acids is 1. The summed E-state index contributed by atoms with van der Waals surface area (Å²) in [6.45, 7) is 2.29. The van der Waals surface area contributed by atoms with Gasteiger partial charge in [-0.05, 0) is 30.2 Å². The minimum atomic E-state index is -0.733. The molecule has 0 radical (unpaired) electrons. The summed E-state index contributed by atoms with van der Waals surface area (Å²) in [4.78, 5) is 33.2. The van der Waals surface area contributed by atoms with E-state index in [1.807, 2.05) is 109 Å². The Hall–Kier alpha value is -5.21. The topological polar surface area (TPSA) is 79.1 Å². The van der Waals surface area contributed by atoms with Crippen LogP contribution in [-0.2, 0) is 16.1 Å². The van der Waals surface area contributed by atoms with E-state index in [1.54, 1.807) is 24.7 Å². The molecule has 7 nitrogen and oxygen atoms in total. The van der Waals surface area contributed by atoms with Crippen LogP contribution in [0.5, 0.6) is 11.5 Å². The van der Waals surface area contributed by atoms with Crippen molar-refractivity contribution in [1.82, 2.24) is 4.57 Å². The van der Waals surface area contributed by atoms with Crippen LogP contribution in [-0.4, -0.2) is 24.3 Å². The number of fused-ring (bicyclic) bond motifs is 1. The molecule has 2 heterocycles. The van der Waals surface area contributed by atoms with E-state index >= 15 is 0 Å². The highest BCUT2D eigenvalue weighted by atomic mass is 32.1. The van der Waals surface area contributed by atoms with Gasteiger partial charge in [0, 0.05) is 11.1 Å². The summed E-state index contributed by atoms with van der Waals surface area (Å²) in [6.07, 6.45) is 1.80. The van der Waals surface area contributed by atoms with Crippen molar-refractivity contribution >= 4 is 29.1 Å². The van der Waals surface area contributed by atoms with Crippen LogP contribution in [0, 0.1) is 0 Å². The predicted octanol–water partition coefficient (Wildman–Crippen LogP) is 5.52. The fraction of sp³-hybridized carbons (Fsp3) is 0.139. The number of para-hydroxylation sites is 1. The molecule has 0 amide bonds. The Morgan fingerprint density at radius 1 is 0.909 bits per heavy atom. The van der Waals surface area contributed by atoms with E-state index in [4.69, 9.17) is 19.2 Å². The average molecular weight is 603 g/mol. The Bertz CT molecular complexity index is 2000. The first kappa shape index (κ1) is 28.9. The number of ether oxygens (including phenoxy) is 3. The van der Waals surface area contributed by atoms with Crippen molar-refractivity contribution in [2.45, 2.75) is 19.6 Å². The van der Waals surface area contributed by atoms with Crippen molar-refractivity contribution in [3.63, 3.8) is 0 Å². The van der Waals surface area contributed by atoms with Crippen LogP contribution in [0.2, 0.25) is 0 Å². The Kier molecular flexibility index (Phi) is 8.52. The molecule has 0 spiro atoms. The zero-order valence-electron chi connectivity index (χ0n) is 24.3. The third-order valence-electron chi connectivity index (χ3n) is 7.23. The predicted molar refractivity (Wildman–Crippen MR) is 171 cm³/mol. The summed E-state index contributed by atoms with van der Waals surface area (Å²) in [6, 6.07) is 33.7. The minimum absolute atomic E-state index is 0.192. The van der Waals surface area contributed by atoms with Gasteiger partial charge in [0.2, 0.25) is 0 Å². The van der Waals surface area contributed by atoms with Gasteiger partial charge in [0.25, 0.3) is 5.56 Å². The highest BCUT2D eigenvalue weighted by Gasteiger charge is 2.35. The molecular formula is C36H30N2O5S. The molecule has 1 aliphatic heterocycles. The molecule has 0 saturated carbocycles. The van der Waals surface area contributed by atoms with Gasteiger partial charge in [0.1, 0.15) is 6.61 Å². The van der Waals surface area contributed by atoms with Gasteiger partial charge in [0.15, 0.2) is 16.3 Å². The molecule has 1 atom stereocenters. The van der Waals surface area contributed by atoms with Gasteiger partial charge in [-0.25, -0.2) is 9.79 Å². The van der Waals surface area contributed by atoms with Crippen LogP contribution >= 0.6 is 11.3 Å². The van der Waals surface area contributed by atoms with Crippen LogP contribution < -0.4 is 24.4 Å². The van der Waals surface area contributed by atoms with Crippen molar-refractivity contribution in [3.05, 3.63) is 157 Å². The number of rotatable bonds is 9. The summed E-state index contributed by atoms with van der Waals surface area (Å²) in [5.74, 6) is 0.574. The van der Waals surface area contributed by atoms with Crippen molar-refractivity contribution < 1.29 is 19.0 Å². The Labute approximate surface area is 258 Å². The molecule has 220 valence electrons. The zero-order chi connectivity index (χ0) is 30.5.